The highest BCUT2D eigenvalue weighted by molar-refractivity contribution is 3.59. The highest BCUT2D eigenvalue weighted by atomic mass is 16.0. The highest BCUT2D eigenvalue weighted by Crippen LogP contribution is 0.864. The van der Waals surface area contributed by atoms with Crippen LogP contribution in [0, 0.1) is 0 Å². The van der Waals surface area contributed by atoms with Gasteiger partial charge in [0, 0.05) is 0 Å². The van der Waals surface area contributed by atoms with Gasteiger partial charge >= 0.3 is 0 Å². The largest absolute Gasteiger partial charge is 0.870 e. The van der Waals surface area contributed by atoms with Crippen molar-refractivity contribution in [3.63, 3.8) is 0 Å². The lowest BCUT2D eigenvalue weighted by Gasteiger charge is -1.88. The third-order valence-electron chi connectivity index (χ3n) is 0. The summed E-state index contributed by atoms with van der Waals surface area (Å²) in [7, 11) is 6.25. The highest BCUT2D eigenvalue weighted by Gasteiger charge is 1.61. The van der Waals surface area contributed by atoms with E-state index in [1.165, 1.54) is 4.90 Å². The van der Waals surface area contributed by atoms with E-state index in [1.54, 1.807) is 0 Å². The number of quaternary nitrogens is 1. The third kappa shape index (κ3) is 4450. The van der Waals surface area contributed by atoms with Crippen LogP contribution >= 0.6 is 0 Å². The van der Waals surface area contributed by atoms with Crippen LogP contribution in [0.1, 0.15) is 0 Å². The summed E-state index contributed by atoms with van der Waals surface area (Å²) in [4.78, 5) is 1.42. The van der Waals surface area contributed by atoms with Crippen LogP contribution in [-0.4, -0.2) is 54.0 Å². The normalized spacial score (nSPS) is 3.60. The van der Waals surface area contributed by atoms with Gasteiger partial charge in [0.2, 0.25) is 0 Å². The maximum absolute atomic E-state index is 2.08. The van der Waals surface area contributed by atoms with Gasteiger partial charge in [-0.2, -0.15) is 0 Å². The molecule has 0 aromatic heterocycles. The Kier molecular flexibility index (Phi) is 702. The van der Waals surface area contributed by atoms with Crippen molar-refractivity contribution in [2.45, 2.75) is 0 Å². The zero-order chi connectivity index (χ0) is 3.58. The Labute approximate surface area is 60.1 Å². The maximum atomic E-state index is 2.08. The molecular formula is C3H21NO6. The molecule has 0 saturated carbocycles. The number of hydrogen-bond acceptors (Lipinski definition) is 1. The molecule has 0 spiro atoms. The Balaban J connectivity index is -0.00000000300. The van der Waals surface area contributed by atoms with Crippen molar-refractivity contribution in [2.24, 2.45) is 0 Å². The van der Waals surface area contributed by atoms with E-state index in [4.69, 9.17) is 0 Å². The summed E-state index contributed by atoms with van der Waals surface area (Å²) in [5.41, 5.74) is 0. The van der Waals surface area contributed by atoms with Crippen molar-refractivity contribution >= 4 is 0 Å². The molecule has 10 heavy (non-hydrogen) atoms. The van der Waals surface area contributed by atoms with E-state index in [9.17, 15) is 0 Å². The SMILES string of the molecule is C[NH+](C)C.O.O.O.O.O.[OH-]. The molecule has 0 rings (SSSR count). The monoisotopic (exact) mass is 167 g/mol. The fourth-order valence-corrected chi connectivity index (χ4v) is 0. The smallest absolute Gasteiger partial charge is 0.0661 e. The van der Waals surface area contributed by atoms with E-state index in [0.29, 0.717) is 0 Å². The van der Waals surface area contributed by atoms with Crippen molar-refractivity contribution in [3.8, 4) is 0 Å². The lowest BCUT2D eigenvalue weighted by atomic mass is 11.0. The second-order valence-corrected chi connectivity index (χ2v) is 1.50. The number of rotatable bonds is 0. The van der Waals surface area contributed by atoms with E-state index in [1.807, 2.05) is 0 Å². The Morgan fingerprint density at radius 2 is 0.600 bits per heavy atom. The fraction of sp³-hybridized carbons (Fsp3) is 1.00. The molecule has 0 aromatic rings. The molecule has 7 heteroatoms. The summed E-state index contributed by atoms with van der Waals surface area (Å²) in [5.74, 6) is 0. The van der Waals surface area contributed by atoms with E-state index < -0.39 is 0 Å². The first-order valence-electron chi connectivity index (χ1n) is 1.50. The average Bonchev–Trinajstić information content (AvgIpc) is 0.811. The van der Waals surface area contributed by atoms with Crippen LogP contribution < -0.4 is 4.90 Å². The van der Waals surface area contributed by atoms with Gasteiger partial charge in [-0.3, -0.25) is 0 Å². The summed E-state index contributed by atoms with van der Waals surface area (Å²) in [5, 5.41) is 0. The molecule has 0 radical (unpaired) electrons. The summed E-state index contributed by atoms with van der Waals surface area (Å²) >= 11 is 0. The van der Waals surface area contributed by atoms with E-state index >= 15 is 0 Å². The van der Waals surface area contributed by atoms with Crippen LogP contribution in [0.2, 0.25) is 0 Å². The molecule has 0 unspecified atom stereocenters. The van der Waals surface area contributed by atoms with Gasteiger partial charge in [0.05, 0.1) is 21.1 Å². The minimum atomic E-state index is 0. The van der Waals surface area contributed by atoms with Crippen LogP contribution in [0.15, 0.2) is 0 Å². The molecule has 0 aliphatic rings. The zero-order valence-corrected chi connectivity index (χ0v) is 6.45. The van der Waals surface area contributed by atoms with Gasteiger partial charge in [0.15, 0.2) is 0 Å². The van der Waals surface area contributed by atoms with E-state index in [2.05, 4.69) is 21.1 Å². The molecule has 74 valence electrons. The number of hydrogen-bond donors (Lipinski definition) is 1. The van der Waals surface area contributed by atoms with E-state index in [0.717, 1.165) is 0 Å². The van der Waals surface area contributed by atoms with Gasteiger partial charge in [-0.25, -0.2) is 0 Å². The molecule has 0 atom stereocenters. The standard InChI is InChI=1S/C3H9N.6H2O/c1-4(2)3;;;;;;/h1-3H3;6*1H2. The third-order valence-corrected chi connectivity index (χ3v) is 0. The Hall–Kier alpha value is -0.280. The molecule has 0 aliphatic carbocycles. The molecule has 0 saturated heterocycles. The molecule has 0 fully saturated rings. The van der Waals surface area contributed by atoms with Crippen molar-refractivity contribution in [1.29, 1.82) is 0 Å². The quantitative estimate of drug-likeness (QED) is 0.369. The van der Waals surface area contributed by atoms with Crippen LogP contribution in [0.3, 0.4) is 0 Å². The first-order chi connectivity index (χ1) is 1.73. The van der Waals surface area contributed by atoms with Gasteiger partial charge in [0.25, 0.3) is 0 Å². The van der Waals surface area contributed by atoms with E-state index in [-0.39, 0.29) is 32.9 Å². The molecule has 0 aromatic carbocycles. The Bertz CT molecular complexity index is 17.7. The Morgan fingerprint density at radius 3 is 0.600 bits per heavy atom. The zero-order valence-electron chi connectivity index (χ0n) is 6.45. The minimum absolute atomic E-state index is 0. The van der Waals surface area contributed by atoms with Crippen molar-refractivity contribution in [1.82, 2.24) is 0 Å². The van der Waals surface area contributed by atoms with Gasteiger partial charge < -0.3 is 37.8 Å². The second kappa shape index (κ2) is 70.2. The van der Waals surface area contributed by atoms with Gasteiger partial charge in [-0.15, -0.1) is 0 Å². The molecule has 0 aliphatic heterocycles. The molecule has 12 N–H and O–H groups in total. The molecule has 0 amide bonds. The summed E-state index contributed by atoms with van der Waals surface area (Å²) in [6.45, 7) is 0. The van der Waals surface area contributed by atoms with Gasteiger partial charge in [-0.05, 0) is 0 Å². The van der Waals surface area contributed by atoms with Crippen LogP contribution in [0.4, 0.5) is 0 Å². The molecule has 7 nitrogen and oxygen atoms in total. The summed E-state index contributed by atoms with van der Waals surface area (Å²) in [6.07, 6.45) is 0. The van der Waals surface area contributed by atoms with Gasteiger partial charge in [-0.1, -0.05) is 0 Å². The van der Waals surface area contributed by atoms with Crippen LogP contribution in [0.5, 0.6) is 0 Å². The molecule has 0 heterocycles. The summed E-state index contributed by atoms with van der Waals surface area (Å²) < 4.78 is 0. The van der Waals surface area contributed by atoms with Crippen molar-refractivity contribution < 1.29 is 37.8 Å². The molecule has 0 bridgehead atoms. The summed E-state index contributed by atoms with van der Waals surface area (Å²) in [6, 6.07) is 0. The van der Waals surface area contributed by atoms with Crippen LogP contribution in [-0.2, 0) is 0 Å². The van der Waals surface area contributed by atoms with Crippen molar-refractivity contribution in [3.05, 3.63) is 0 Å². The number of nitrogens with one attached hydrogen (secondary N) is 1. The molecular weight excluding hydrogens is 146 g/mol. The topological polar surface area (TPSA) is 192 Å². The van der Waals surface area contributed by atoms with Crippen molar-refractivity contribution in [2.75, 3.05) is 21.1 Å². The fourth-order valence-electron chi connectivity index (χ4n) is 0. The first-order valence-corrected chi connectivity index (χ1v) is 1.50. The van der Waals surface area contributed by atoms with Crippen LogP contribution in [0.25, 0.3) is 0 Å². The maximum Gasteiger partial charge on any atom is 0.0661 e. The minimum Gasteiger partial charge on any atom is -0.870 e. The average molecular weight is 167 g/mol. The lowest BCUT2D eigenvalue weighted by molar-refractivity contribution is -0.836. The lowest BCUT2D eigenvalue weighted by Crippen LogP contribution is -3.02. The predicted octanol–water partition coefficient (Wildman–Crippen LogP) is -5.54. The van der Waals surface area contributed by atoms with Gasteiger partial charge in [0.1, 0.15) is 0 Å². The first kappa shape index (κ1) is 99.9. The second-order valence-electron chi connectivity index (χ2n) is 1.50. The Morgan fingerprint density at radius 1 is 0.600 bits per heavy atom. The predicted molar refractivity (Wildman–Crippen MR) is 38.7 cm³/mol.